The van der Waals surface area contributed by atoms with Gasteiger partial charge in [0.25, 0.3) is 0 Å². The molecule has 0 amide bonds. The van der Waals surface area contributed by atoms with E-state index in [1.807, 2.05) is 10.7 Å². The van der Waals surface area contributed by atoms with Crippen LogP contribution in [0.3, 0.4) is 0 Å². The Morgan fingerprint density at radius 2 is 2.05 bits per heavy atom. The summed E-state index contributed by atoms with van der Waals surface area (Å²) in [6.07, 6.45) is 2.89. The molecule has 0 unspecified atom stereocenters. The number of hydrogen-bond acceptors (Lipinski definition) is 3. The van der Waals surface area contributed by atoms with Gasteiger partial charge in [0.15, 0.2) is 12.0 Å². The van der Waals surface area contributed by atoms with E-state index in [0.29, 0.717) is 5.69 Å². The zero-order chi connectivity index (χ0) is 13.8. The van der Waals surface area contributed by atoms with Crippen molar-refractivity contribution >= 4 is 6.29 Å². The first-order valence-electron chi connectivity index (χ1n) is 6.63. The summed E-state index contributed by atoms with van der Waals surface area (Å²) in [7, 11) is 0. The normalized spacial score (nSPS) is 10.7. The second-order valence-corrected chi connectivity index (χ2v) is 4.82. The van der Waals surface area contributed by atoms with Gasteiger partial charge in [-0.05, 0) is 37.5 Å². The Hall–Kier alpha value is -1.97. The molecule has 0 aliphatic rings. The van der Waals surface area contributed by atoms with Crippen LogP contribution in [0.5, 0.6) is 0 Å². The number of aromatic nitrogens is 3. The summed E-state index contributed by atoms with van der Waals surface area (Å²) in [6, 6.07) is 6.18. The van der Waals surface area contributed by atoms with Crippen LogP contribution in [0.1, 0.15) is 41.4 Å². The number of unbranched alkanes of at least 4 members (excludes halogenated alkanes) is 1. The lowest BCUT2D eigenvalue weighted by Crippen LogP contribution is -2.03. The SMILES string of the molecule is CCCCn1nnc(C=O)c1-c1ccc(C)c(C)c1. The second kappa shape index (κ2) is 5.78. The molecule has 0 saturated heterocycles. The van der Waals surface area contributed by atoms with Crippen molar-refractivity contribution in [1.29, 1.82) is 0 Å². The van der Waals surface area contributed by atoms with Gasteiger partial charge in [0.1, 0.15) is 0 Å². The summed E-state index contributed by atoms with van der Waals surface area (Å²) in [6.45, 7) is 7.07. The highest BCUT2D eigenvalue weighted by molar-refractivity contribution is 5.83. The van der Waals surface area contributed by atoms with Crippen molar-refractivity contribution in [2.45, 2.75) is 40.2 Å². The Morgan fingerprint density at radius 3 is 2.68 bits per heavy atom. The summed E-state index contributed by atoms with van der Waals surface area (Å²) >= 11 is 0. The number of aldehydes is 1. The van der Waals surface area contributed by atoms with Crippen molar-refractivity contribution in [3.63, 3.8) is 0 Å². The minimum Gasteiger partial charge on any atom is -0.296 e. The molecule has 0 bridgehead atoms. The largest absolute Gasteiger partial charge is 0.296 e. The highest BCUT2D eigenvalue weighted by atomic mass is 16.1. The molecule has 2 aromatic rings. The number of rotatable bonds is 5. The quantitative estimate of drug-likeness (QED) is 0.773. The third kappa shape index (κ3) is 2.72. The Labute approximate surface area is 113 Å². The van der Waals surface area contributed by atoms with E-state index in [9.17, 15) is 4.79 Å². The molecule has 0 atom stereocenters. The van der Waals surface area contributed by atoms with Crippen LogP contribution in [0.4, 0.5) is 0 Å². The van der Waals surface area contributed by atoms with E-state index in [4.69, 9.17) is 0 Å². The van der Waals surface area contributed by atoms with Gasteiger partial charge in [-0.15, -0.1) is 5.10 Å². The smallest absolute Gasteiger partial charge is 0.172 e. The summed E-state index contributed by atoms with van der Waals surface area (Å²) in [5, 5.41) is 8.05. The van der Waals surface area contributed by atoms with Crippen LogP contribution in [-0.4, -0.2) is 21.3 Å². The van der Waals surface area contributed by atoms with Crippen molar-refractivity contribution in [3.05, 3.63) is 35.0 Å². The predicted molar refractivity (Wildman–Crippen MR) is 75.2 cm³/mol. The fourth-order valence-electron chi connectivity index (χ4n) is 2.06. The number of benzene rings is 1. The van der Waals surface area contributed by atoms with Crippen LogP contribution < -0.4 is 0 Å². The topological polar surface area (TPSA) is 47.8 Å². The molecule has 0 N–H and O–H groups in total. The number of carbonyl (C=O) groups excluding carboxylic acids is 1. The van der Waals surface area contributed by atoms with E-state index >= 15 is 0 Å². The predicted octanol–water partition coefficient (Wildman–Crippen LogP) is 3.17. The molecule has 0 aliphatic heterocycles. The van der Waals surface area contributed by atoms with E-state index in [-0.39, 0.29) is 0 Å². The molecule has 4 nitrogen and oxygen atoms in total. The standard InChI is InChI=1S/C15H19N3O/c1-4-5-8-18-15(14(10-19)16-17-18)13-7-6-11(2)12(3)9-13/h6-7,9-10H,4-5,8H2,1-3H3. The molecular formula is C15H19N3O. The number of aryl methyl sites for hydroxylation is 3. The Kier molecular flexibility index (Phi) is 4.10. The maximum Gasteiger partial charge on any atom is 0.172 e. The molecule has 4 heteroatoms. The highest BCUT2D eigenvalue weighted by Gasteiger charge is 2.14. The van der Waals surface area contributed by atoms with Crippen LogP contribution in [0.25, 0.3) is 11.3 Å². The minimum absolute atomic E-state index is 0.416. The fourth-order valence-corrected chi connectivity index (χ4v) is 2.06. The molecular weight excluding hydrogens is 238 g/mol. The molecule has 19 heavy (non-hydrogen) atoms. The van der Waals surface area contributed by atoms with Crippen LogP contribution in [0, 0.1) is 13.8 Å². The fraction of sp³-hybridized carbons (Fsp3) is 0.400. The molecule has 1 aromatic heterocycles. The van der Waals surface area contributed by atoms with Crippen molar-refractivity contribution < 1.29 is 4.79 Å². The van der Waals surface area contributed by atoms with Gasteiger partial charge in [0.2, 0.25) is 0 Å². The second-order valence-electron chi connectivity index (χ2n) is 4.82. The van der Waals surface area contributed by atoms with Crippen LogP contribution in [0.2, 0.25) is 0 Å². The molecule has 0 saturated carbocycles. The zero-order valence-electron chi connectivity index (χ0n) is 11.7. The number of hydrogen-bond donors (Lipinski definition) is 0. The van der Waals surface area contributed by atoms with Gasteiger partial charge >= 0.3 is 0 Å². The molecule has 0 aliphatic carbocycles. The van der Waals surface area contributed by atoms with Gasteiger partial charge in [-0.2, -0.15) is 0 Å². The Balaban J connectivity index is 2.48. The summed E-state index contributed by atoms with van der Waals surface area (Å²) in [5.41, 5.74) is 4.69. The van der Waals surface area contributed by atoms with Crippen molar-refractivity contribution in [2.75, 3.05) is 0 Å². The maximum atomic E-state index is 11.1. The summed E-state index contributed by atoms with van der Waals surface area (Å²) in [4.78, 5) is 11.1. The average molecular weight is 257 g/mol. The van der Waals surface area contributed by atoms with Gasteiger partial charge in [-0.25, -0.2) is 4.68 Å². The van der Waals surface area contributed by atoms with Gasteiger partial charge < -0.3 is 0 Å². The molecule has 0 fully saturated rings. The van der Waals surface area contributed by atoms with E-state index in [0.717, 1.165) is 36.9 Å². The molecule has 100 valence electrons. The lowest BCUT2D eigenvalue weighted by molar-refractivity contribution is 0.111. The van der Waals surface area contributed by atoms with Gasteiger partial charge in [0, 0.05) is 12.1 Å². The van der Waals surface area contributed by atoms with Crippen molar-refractivity contribution in [2.24, 2.45) is 0 Å². The number of carbonyl (C=O) groups is 1. The first-order valence-corrected chi connectivity index (χ1v) is 6.63. The third-order valence-corrected chi connectivity index (χ3v) is 3.38. The first-order chi connectivity index (χ1) is 9.17. The zero-order valence-corrected chi connectivity index (χ0v) is 11.7. The summed E-state index contributed by atoms with van der Waals surface area (Å²) in [5.74, 6) is 0. The third-order valence-electron chi connectivity index (χ3n) is 3.38. The van der Waals surface area contributed by atoms with Crippen LogP contribution in [-0.2, 0) is 6.54 Å². The maximum absolute atomic E-state index is 11.1. The Morgan fingerprint density at radius 1 is 1.26 bits per heavy atom. The van der Waals surface area contributed by atoms with Crippen LogP contribution >= 0.6 is 0 Å². The monoisotopic (exact) mass is 257 g/mol. The lowest BCUT2D eigenvalue weighted by Gasteiger charge is -2.08. The molecule has 0 radical (unpaired) electrons. The average Bonchev–Trinajstić information content (AvgIpc) is 2.82. The molecule has 1 heterocycles. The van der Waals surface area contributed by atoms with Crippen LogP contribution in [0.15, 0.2) is 18.2 Å². The lowest BCUT2D eigenvalue weighted by atomic mass is 10.0. The van der Waals surface area contributed by atoms with Crippen molar-refractivity contribution in [1.82, 2.24) is 15.0 Å². The van der Waals surface area contributed by atoms with Gasteiger partial charge in [-0.1, -0.05) is 30.7 Å². The number of nitrogens with zero attached hydrogens (tertiary/aromatic N) is 3. The van der Waals surface area contributed by atoms with E-state index < -0.39 is 0 Å². The minimum atomic E-state index is 0.416. The van der Waals surface area contributed by atoms with Gasteiger partial charge in [0.05, 0.1) is 5.69 Å². The van der Waals surface area contributed by atoms with Crippen molar-refractivity contribution in [3.8, 4) is 11.3 Å². The molecule has 1 aromatic carbocycles. The molecule has 0 spiro atoms. The van der Waals surface area contributed by atoms with E-state index in [2.05, 4.69) is 43.2 Å². The van der Waals surface area contributed by atoms with Gasteiger partial charge in [-0.3, -0.25) is 4.79 Å². The first kappa shape index (κ1) is 13.5. The van der Waals surface area contributed by atoms with E-state index in [1.54, 1.807) is 0 Å². The summed E-state index contributed by atoms with van der Waals surface area (Å²) < 4.78 is 1.83. The highest BCUT2D eigenvalue weighted by Crippen LogP contribution is 2.24. The van der Waals surface area contributed by atoms with E-state index in [1.165, 1.54) is 11.1 Å². The molecule has 2 rings (SSSR count). The Bertz CT molecular complexity index is 587.